The zero-order valence-corrected chi connectivity index (χ0v) is 15.5. The van der Waals surface area contributed by atoms with Crippen LogP contribution in [-0.4, -0.2) is 47.6 Å². The van der Waals surface area contributed by atoms with Gasteiger partial charge in [-0.05, 0) is 36.8 Å². The second-order valence-corrected chi connectivity index (χ2v) is 6.24. The molecule has 3 N–H and O–H groups in total. The molecule has 1 atom stereocenters. The SMILES string of the molecule is COc1ccc([C@]2(C)NC(=O)N(/N=C/c3cc(O)c(O)c(OC)c3)C2=O)cc1. The van der Waals surface area contributed by atoms with E-state index >= 15 is 0 Å². The number of nitrogens with zero attached hydrogens (tertiary/aromatic N) is 2. The highest BCUT2D eigenvalue weighted by Crippen LogP contribution is 2.36. The van der Waals surface area contributed by atoms with Crippen molar-refractivity contribution >= 4 is 18.2 Å². The summed E-state index contributed by atoms with van der Waals surface area (Å²) in [6.07, 6.45) is 1.21. The van der Waals surface area contributed by atoms with Crippen LogP contribution >= 0.6 is 0 Å². The van der Waals surface area contributed by atoms with Crippen LogP contribution in [0.3, 0.4) is 0 Å². The molecule has 0 spiro atoms. The van der Waals surface area contributed by atoms with Crippen LogP contribution < -0.4 is 14.8 Å². The number of benzene rings is 2. The van der Waals surface area contributed by atoms with Gasteiger partial charge in [0.15, 0.2) is 11.5 Å². The molecule has 2 aromatic rings. The molecule has 0 aromatic heterocycles. The second-order valence-electron chi connectivity index (χ2n) is 6.24. The predicted octanol–water partition coefficient (Wildman–Crippen LogP) is 1.92. The molecule has 1 aliphatic heterocycles. The average Bonchev–Trinajstić information content (AvgIpc) is 2.92. The van der Waals surface area contributed by atoms with Crippen molar-refractivity contribution in [2.45, 2.75) is 12.5 Å². The van der Waals surface area contributed by atoms with Gasteiger partial charge >= 0.3 is 6.03 Å². The Morgan fingerprint density at radius 3 is 2.39 bits per heavy atom. The van der Waals surface area contributed by atoms with Gasteiger partial charge in [0.25, 0.3) is 5.91 Å². The fraction of sp³-hybridized carbons (Fsp3) is 0.211. The van der Waals surface area contributed by atoms with Gasteiger partial charge in [-0.25, -0.2) is 4.79 Å². The molecule has 9 heteroatoms. The maximum absolute atomic E-state index is 12.8. The minimum absolute atomic E-state index is 0.0294. The summed E-state index contributed by atoms with van der Waals surface area (Å²) in [6, 6.07) is 8.70. The summed E-state index contributed by atoms with van der Waals surface area (Å²) in [4.78, 5) is 25.1. The number of urea groups is 1. The number of imide groups is 1. The summed E-state index contributed by atoms with van der Waals surface area (Å²) < 4.78 is 10.1. The Kier molecular flexibility index (Phi) is 4.83. The van der Waals surface area contributed by atoms with E-state index in [4.69, 9.17) is 9.47 Å². The Hall–Kier alpha value is -3.75. The summed E-state index contributed by atoms with van der Waals surface area (Å²) in [5, 5.41) is 26.7. The van der Waals surface area contributed by atoms with Crippen molar-refractivity contribution in [3.8, 4) is 23.0 Å². The van der Waals surface area contributed by atoms with Gasteiger partial charge in [0.2, 0.25) is 5.75 Å². The van der Waals surface area contributed by atoms with E-state index in [0.717, 1.165) is 0 Å². The van der Waals surface area contributed by atoms with Crippen molar-refractivity contribution in [2.75, 3.05) is 14.2 Å². The number of rotatable bonds is 5. The van der Waals surface area contributed by atoms with Gasteiger partial charge in [0, 0.05) is 5.56 Å². The van der Waals surface area contributed by atoms with Gasteiger partial charge in [-0.1, -0.05) is 12.1 Å². The normalized spacial score (nSPS) is 19.2. The van der Waals surface area contributed by atoms with Gasteiger partial charge in [-0.2, -0.15) is 5.10 Å². The van der Waals surface area contributed by atoms with Gasteiger partial charge in [-0.15, -0.1) is 5.01 Å². The van der Waals surface area contributed by atoms with E-state index in [1.54, 1.807) is 31.2 Å². The van der Waals surface area contributed by atoms with Crippen molar-refractivity contribution in [1.82, 2.24) is 10.3 Å². The maximum Gasteiger partial charge on any atom is 0.346 e. The van der Waals surface area contributed by atoms with Gasteiger partial charge in [-0.3, -0.25) is 4.79 Å². The molecule has 1 heterocycles. The highest BCUT2D eigenvalue weighted by molar-refractivity contribution is 6.07. The number of hydrazone groups is 1. The van der Waals surface area contributed by atoms with E-state index in [1.807, 2.05) is 0 Å². The summed E-state index contributed by atoms with van der Waals surface area (Å²) in [5.74, 6) is -0.738. The van der Waals surface area contributed by atoms with Crippen molar-refractivity contribution in [1.29, 1.82) is 0 Å². The van der Waals surface area contributed by atoms with Crippen molar-refractivity contribution in [3.05, 3.63) is 47.5 Å². The van der Waals surface area contributed by atoms with Crippen molar-refractivity contribution in [3.63, 3.8) is 0 Å². The molecule has 0 radical (unpaired) electrons. The van der Waals surface area contributed by atoms with E-state index in [-0.39, 0.29) is 5.75 Å². The topological polar surface area (TPSA) is 121 Å². The highest BCUT2D eigenvalue weighted by Gasteiger charge is 2.49. The van der Waals surface area contributed by atoms with Crippen LogP contribution in [0.15, 0.2) is 41.5 Å². The third kappa shape index (κ3) is 3.18. The average molecular weight is 385 g/mol. The number of methoxy groups -OCH3 is 2. The lowest BCUT2D eigenvalue weighted by molar-refractivity contribution is -0.131. The second kappa shape index (κ2) is 7.10. The van der Waals surface area contributed by atoms with E-state index in [9.17, 15) is 19.8 Å². The number of phenolic OH excluding ortho intramolecular Hbond substituents is 2. The zero-order valence-electron chi connectivity index (χ0n) is 15.5. The third-order valence-corrected chi connectivity index (χ3v) is 4.46. The molecule has 28 heavy (non-hydrogen) atoms. The Morgan fingerprint density at radius 2 is 1.79 bits per heavy atom. The first-order valence-electron chi connectivity index (χ1n) is 8.25. The number of nitrogens with one attached hydrogen (secondary N) is 1. The minimum Gasteiger partial charge on any atom is -0.504 e. The maximum atomic E-state index is 12.8. The van der Waals surface area contributed by atoms with Gasteiger partial charge in [0.1, 0.15) is 11.3 Å². The van der Waals surface area contributed by atoms with E-state index in [0.29, 0.717) is 21.9 Å². The number of ether oxygens (including phenoxy) is 2. The molecule has 1 fully saturated rings. The predicted molar refractivity (Wildman–Crippen MR) is 99.6 cm³/mol. The molecule has 0 bridgehead atoms. The molecule has 9 nitrogen and oxygen atoms in total. The molecule has 0 saturated carbocycles. The molecule has 1 saturated heterocycles. The van der Waals surface area contributed by atoms with Crippen LogP contribution in [0.25, 0.3) is 0 Å². The summed E-state index contributed by atoms with van der Waals surface area (Å²) in [6.45, 7) is 1.58. The van der Waals surface area contributed by atoms with E-state index < -0.39 is 29.0 Å². The molecular weight excluding hydrogens is 366 g/mol. The van der Waals surface area contributed by atoms with E-state index in [2.05, 4.69) is 10.4 Å². The molecule has 3 rings (SSSR count). The number of carbonyl (C=O) groups is 2. The smallest absolute Gasteiger partial charge is 0.346 e. The van der Waals surface area contributed by atoms with Gasteiger partial charge in [0.05, 0.1) is 20.4 Å². The number of aromatic hydroxyl groups is 2. The Balaban J connectivity index is 1.87. The van der Waals surface area contributed by atoms with Crippen LogP contribution in [0, 0.1) is 0 Å². The highest BCUT2D eigenvalue weighted by atomic mass is 16.5. The van der Waals surface area contributed by atoms with Crippen molar-refractivity contribution in [2.24, 2.45) is 5.10 Å². The van der Waals surface area contributed by atoms with Crippen molar-refractivity contribution < 1.29 is 29.3 Å². The standard InChI is InChI=1S/C19H19N3O6/c1-19(12-4-6-13(27-2)7-5-12)17(25)22(18(26)21-19)20-10-11-8-14(23)16(24)15(9-11)28-3/h4-10,23-24H,1-3H3,(H,21,26)/b20-10+/t19-/m0/s1. The summed E-state index contributed by atoms with van der Waals surface area (Å²) in [7, 11) is 2.86. The molecule has 0 aliphatic carbocycles. The van der Waals surface area contributed by atoms with E-state index in [1.165, 1.54) is 32.6 Å². The number of carbonyl (C=O) groups excluding carboxylic acids is 2. The number of phenols is 2. The quantitative estimate of drug-likeness (QED) is 0.411. The zero-order chi connectivity index (χ0) is 20.5. The lowest BCUT2D eigenvalue weighted by atomic mass is 9.92. The van der Waals surface area contributed by atoms with Gasteiger partial charge < -0.3 is 25.0 Å². The largest absolute Gasteiger partial charge is 0.504 e. The Bertz CT molecular complexity index is 957. The van der Waals surface area contributed by atoms with Crippen LogP contribution in [0.2, 0.25) is 0 Å². The third-order valence-electron chi connectivity index (χ3n) is 4.46. The first kappa shape index (κ1) is 19.0. The monoisotopic (exact) mass is 385 g/mol. The number of hydrogen-bond acceptors (Lipinski definition) is 7. The van der Waals surface area contributed by atoms with Crippen LogP contribution in [0.1, 0.15) is 18.1 Å². The minimum atomic E-state index is -1.28. The van der Waals surface area contributed by atoms with Crippen LogP contribution in [0.4, 0.5) is 4.79 Å². The molecular formula is C19H19N3O6. The Morgan fingerprint density at radius 1 is 1.11 bits per heavy atom. The lowest BCUT2D eigenvalue weighted by Crippen LogP contribution is -2.40. The number of amides is 3. The Labute approximate surface area is 160 Å². The van der Waals surface area contributed by atoms with Crippen LogP contribution in [0.5, 0.6) is 23.0 Å². The molecule has 1 aliphatic rings. The molecule has 0 unspecified atom stereocenters. The fourth-order valence-corrected chi connectivity index (χ4v) is 2.82. The summed E-state index contributed by atoms with van der Waals surface area (Å²) >= 11 is 0. The summed E-state index contributed by atoms with van der Waals surface area (Å²) in [5.41, 5.74) is -0.380. The lowest BCUT2D eigenvalue weighted by Gasteiger charge is -2.21. The first-order valence-corrected chi connectivity index (χ1v) is 8.25. The fourth-order valence-electron chi connectivity index (χ4n) is 2.82. The molecule has 2 aromatic carbocycles. The molecule has 146 valence electrons. The first-order chi connectivity index (χ1) is 13.3. The number of hydrogen-bond donors (Lipinski definition) is 3. The molecule has 3 amide bonds. The van der Waals surface area contributed by atoms with Crippen LogP contribution in [-0.2, 0) is 10.3 Å².